The minimum atomic E-state index is -0.537. The number of halogens is 3. The Morgan fingerprint density at radius 1 is 1.25 bits per heavy atom. The van der Waals surface area contributed by atoms with Crippen molar-refractivity contribution in [2.75, 3.05) is 11.9 Å². The van der Waals surface area contributed by atoms with E-state index in [1.54, 1.807) is 19.1 Å². The highest BCUT2D eigenvalue weighted by Crippen LogP contribution is 2.30. The second-order valence-electron chi connectivity index (χ2n) is 7.43. The summed E-state index contributed by atoms with van der Waals surface area (Å²) in [5.41, 5.74) is 1.05. The lowest BCUT2D eigenvalue weighted by molar-refractivity contribution is -0.115. The molecule has 3 aromatic rings. The lowest BCUT2D eigenvalue weighted by atomic mass is 10.2. The van der Waals surface area contributed by atoms with Crippen LogP contribution in [0.1, 0.15) is 19.8 Å². The van der Waals surface area contributed by atoms with E-state index in [4.69, 9.17) is 16.3 Å². The number of benzene rings is 2. The summed E-state index contributed by atoms with van der Waals surface area (Å²) in [6.45, 7) is 2.97. The molecule has 0 radical (unpaired) electrons. The molecule has 1 fully saturated rings. The van der Waals surface area contributed by atoms with Gasteiger partial charge >= 0.3 is 0 Å². The van der Waals surface area contributed by atoms with Crippen LogP contribution in [0.15, 0.2) is 47.6 Å². The van der Waals surface area contributed by atoms with Gasteiger partial charge in [0.1, 0.15) is 11.6 Å². The Balaban J connectivity index is 1.55. The van der Waals surface area contributed by atoms with Crippen molar-refractivity contribution in [3.8, 4) is 11.4 Å². The number of carbonyl (C=O) groups is 1. The number of nitrogens with one attached hydrogen (secondary N) is 1. The molecule has 1 amide bonds. The van der Waals surface area contributed by atoms with E-state index >= 15 is 0 Å². The molecular formula is C22H21ClF2N4O2S. The van der Waals surface area contributed by atoms with Crippen molar-refractivity contribution in [1.29, 1.82) is 0 Å². The SMILES string of the molecule is C[C@@H](Sc1nnc(-c2ccc(F)cc2)n1C[C@H]1CCCO1)C(=O)Nc1ccc(F)cc1Cl. The van der Waals surface area contributed by atoms with Crippen LogP contribution < -0.4 is 5.32 Å². The summed E-state index contributed by atoms with van der Waals surface area (Å²) in [7, 11) is 0. The van der Waals surface area contributed by atoms with Crippen LogP contribution in [0.2, 0.25) is 5.02 Å². The van der Waals surface area contributed by atoms with Gasteiger partial charge in [-0.05, 0) is 62.2 Å². The fraction of sp³-hybridized carbons (Fsp3) is 0.318. The Morgan fingerprint density at radius 3 is 2.69 bits per heavy atom. The molecule has 32 heavy (non-hydrogen) atoms. The number of amides is 1. The molecule has 10 heteroatoms. The zero-order valence-electron chi connectivity index (χ0n) is 17.2. The first-order valence-corrected chi connectivity index (χ1v) is 11.4. The van der Waals surface area contributed by atoms with E-state index in [1.807, 2.05) is 4.57 Å². The van der Waals surface area contributed by atoms with E-state index in [9.17, 15) is 13.6 Å². The minimum absolute atomic E-state index is 0.0201. The molecule has 1 N–H and O–H groups in total. The number of rotatable bonds is 7. The van der Waals surface area contributed by atoms with Crippen molar-refractivity contribution in [2.24, 2.45) is 0 Å². The summed E-state index contributed by atoms with van der Waals surface area (Å²) >= 11 is 7.25. The fourth-order valence-electron chi connectivity index (χ4n) is 3.38. The second kappa shape index (κ2) is 9.97. The number of hydrogen-bond donors (Lipinski definition) is 1. The molecule has 1 aromatic heterocycles. The number of aromatic nitrogens is 3. The van der Waals surface area contributed by atoms with Crippen molar-refractivity contribution in [2.45, 2.75) is 42.8 Å². The highest BCUT2D eigenvalue weighted by atomic mass is 35.5. The highest BCUT2D eigenvalue weighted by Gasteiger charge is 2.25. The molecular weight excluding hydrogens is 458 g/mol. The Hall–Kier alpha value is -2.49. The predicted molar refractivity (Wildman–Crippen MR) is 120 cm³/mol. The normalized spacial score (nSPS) is 16.8. The highest BCUT2D eigenvalue weighted by molar-refractivity contribution is 8.00. The van der Waals surface area contributed by atoms with E-state index in [0.29, 0.717) is 29.8 Å². The van der Waals surface area contributed by atoms with Gasteiger partial charge in [0.05, 0.1) is 28.6 Å². The standard InChI is InChI=1S/C22H21ClF2N4O2S/c1-13(21(30)26-19-9-8-16(25)11-18(19)23)32-22-28-27-20(14-4-6-15(24)7-5-14)29(22)12-17-3-2-10-31-17/h4-9,11,13,17H,2-3,10,12H2,1H3,(H,26,30)/t13-,17-/m1/s1. The van der Waals surface area contributed by atoms with Gasteiger partial charge in [0.2, 0.25) is 5.91 Å². The first-order valence-electron chi connectivity index (χ1n) is 10.1. The van der Waals surface area contributed by atoms with Gasteiger partial charge in [0, 0.05) is 12.2 Å². The van der Waals surface area contributed by atoms with Gasteiger partial charge < -0.3 is 10.1 Å². The number of hydrogen-bond acceptors (Lipinski definition) is 5. The maximum absolute atomic E-state index is 13.4. The maximum atomic E-state index is 13.4. The minimum Gasteiger partial charge on any atom is -0.376 e. The Bertz CT molecular complexity index is 1100. The van der Waals surface area contributed by atoms with Gasteiger partial charge in [-0.1, -0.05) is 23.4 Å². The Kier molecular flexibility index (Phi) is 7.07. The fourth-order valence-corrected chi connectivity index (χ4v) is 4.45. The summed E-state index contributed by atoms with van der Waals surface area (Å²) in [6, 6.07) is 9.82. The van der Waals surface area contributed by atoms with Gasteiger partial charge in [0.15, 0.2) is 11.0 Å². The van der Waals surface area contributed by atoms with Crippen LogP contribution in [0.3, 0.4) is 0 Å². The van der Waals surface area contributed by atoms with Gasteiger partial charge in [-0.3, -0.25) is 9.36 Å². The molecule has 0 aliphatic carbocycles. The van der Waals surface area contributed by atoms with Gasteiger partial charge in [-0.25, -0.2) is 8.78 Å². The number of nitrogens with zero attached hydrogens (tertiary/aromatic N) is 3. The molecule has 4 rings (SSSR count). The van der Waals surface area contributed by atoms with E-state index in [0.717, 1.165) is 24.5 Å². The molecule has 168 valence electrons. The number of thioether (sulfide) groups is 1. The van der Waals surface area contributed by atoms with Crippen LogP contribution in [-0.4, -0.2) is 38.6 Å². The summed E-state index contributed by atoms with van der Waals surface area (Å²) in [5, 5.41) is 11.4. The first-order chi connectivity index (χ1) is 15.4. The third-order valence-corrected chi connectivity index (χ3v) is 6.46. The van der Waals surface area contributed by atoms with Crippen molar-refractivity contribution < 1.29 is 18.3 Å². The number of carbonyl (C=O) groups excluding carboxylic acids is 1. The summed E-state index contributed by atoms with van der Waals surface area (Å²) in [6.07, 6.45) is 1.93. The molecule has 0 unspecified atom stereocenters. The largest absolute Gasteiger partial charge is 0.376 e. The zero-order chi connectivity index (χ0) is 22.7. The van der Waals surface area contributed by atoms with Crippen molar-refractivity contribution in [3.05, 3.63) is 59.1 Å². The molecule has 1 aliphatic heterocycles. The van der Waals surface area contributed by atoms with Gasteiger partial charge in [0.25, 0.3) is 0 Å². The van der Waals surface area contributed by atoms with Crippen LogP contribution in [0.5, 0.6) is 0 Å². The average Bonchev–Trinajstić information content (AvgIpc) is 3.41. The predicted octanol–water partition coefficient (Wildman–Crippen LogP) is 5.18. The first kappa shape index (κ1) is 22.7. The van der Waals surface area contributed by atoms with Gasteiger partial charge in [-0.15, -0.1) is 10.2 Å². The van der Waals surface area contributed by atoms with Crippen LogP contribution in [0.4, 0.5) is 14.5 Å². The van der Waals surface area contributed by atoms with Gasteiger partial charge in [-0.2, -0.15) is 0 Å². The average molecular weight is 479 g/mol. The van der Waals surface area contributed by atoms with E-state index in [1.165, 1.54) is 36.0 Å². The Labute approximate surface area is 193 Å². The topological polar surface area (TPSA) is 69.0 Å². The third-order valence-electron chi connectivity index (χ3n) is 5.07. The van der Waals surface area contributed by atoms with Crippen LogP contribution in [0, 0.1) is 11.6 Å². The van der Waals surface area contributed by atoms with Crippen LogP contribution in [0.25, 0.3) is 11.4 Å². The maximum Gasteiger partial charge on any atom is 0.237 e. The molecule has 2 atom stereocenters. The quantitative estimate of drug-likeness (QED) is 0.474. The molecule has 0 spiro atoms. The molecule has 0 saturated carbocycles. The zero-order valence-corrected chi connectivity index (χ0v) is 18.8. The molecule has 2 heterocycles. The van der Waals surface area contributed by atoms with E-state index in [2.05, 4.69) is 15.5 Å². The molecule has 2 aromatic carbocycles. The van der Waals surface area contributed by atoms with E-state index in [-0.39, 0.29) is 22.9 Å². The molecule has 1 saturated heterocycles. The molecule has 1 aliphatic rings. The third kappa shape index (κ3) is 5.28. The monoisotopic (exact) mass is 478 g/mol. The molecule has 0 bridgehead atoms. The van der Waals surface area contributed by atoms with Crippen molar-refractivity contribution >= 4 is 35.0 Å². The van der Waals surface area contributed by atoms with Crippen molar-refractivity contribution in [1.82, 2.24) is 14.8 Å². The molecule has 6 nitrogen and oxygen atoms in total. The van der Waals surface area contributed by atoms with E-state index < -0.39 is 11.1 Å². The Morgan fingerprint density at radius 2 is 2.00 bits per heavy atom. The number of anilines is 1. The summed E-state index contributed by atoms with van der Waals surface area (Å²) in [4.78, 5) is 12.7. The summed E-state index contributed by atoms with van der Waals surface area (Å²) < 4.78 is 34.3. The van der Waals surface area contributed by atoms with Crippen molar-refractivity contribution in [3.63, 3.8) is 0 Å². The second-order valence-corrected chi connectivity index (χ2v) is 9.15. The number of ether oxygens (including phenoxy) is 1. The summed E-state index contributed by atoms with van der Waals surface area (Å²) in [5.74, 6) is -0.542. The van der Waals surface area contributed by atoms with Crippen LogP contribution in [-0.2, 0) is 16.1 Å². The lowest BCUT2D eigenvalue weighted by Crippen LogP contribution is -2.24. The van der Waals surface area contributed by atoms with Crippen LogP contribution >= 0.6 is 23.4 Å². The smallest absolute Gasteiger partial charge is 0.237 e. The lowest BCUT2D eigenvalue weighted by Gasteiger charge is -2.17.